The monoisotopic (exact) mass is 426 g/mol. The van der Waals surface area contributed by atoms with Gasteiger partial charge in [0.15, 0.2) is 6.61 Å². The molecule has 0 aliphatic carbocycles. The summed E-state index contributed by atoms with van der Waals surface area (Å²) >= 11 is 0. The molecular formula is C24H30N2O5. The van der Waals surface area contributed by atoms with Gasteiger partial charge in [0.05, 0.1) is 12.2 Å². The average Bonchev–Trinajstić information content (AvgIpc) is 2.77. The van der Waals surface area contributed by atoms with Crippen LogP contribution in [0.25, 0.3) is 0 Å². The van der Waals surface area contributed by atoms with Crippen molar-refractivity contribution in [1.29, 1.82) is 0 Å². The Kier molecular flexibility index (Phi) is 9.06. The van der Waals surface area contributed by atoms with Crippen molar-refractivity contribution in [3.63, 3.8) is 0 Å². The van der Waals surface area contributed by atoms with Gasteiger partial charge in [-0.2, -0.15) is 0 Å². The molecular weight excluding hydrogens is 396 g/mol. The van der Waals surface area contributed by atoms with Crippen LogP contribution in [0.5, 0.6) is 5.75 Å². The maximum atomic E-state index is 12.3. The number of hydrogen-bond donors (Lipinski definition) is 1. The minimum atomic E-state index is -0.592. The van der Waals surface area contributed by atoms with E-state index in [0.717, 1.165) is 0 Å². The molecule has 0 heterocycles. The van der Waals surface area contributed by atoms with Gasteiger partial charge in [-0.05, 0) is 68.3 Å². The van der Waals surface area contributed by atoms with Gasteiger partial charge in [0.2, 0.25) is 0 Å². The SMILES string of the molecule is CCN(CC)C(=O)c1ccc(NC(=O)COC(=O)c2ccc(OCC(C)C)cc2)cc1. The van der Waals surface area contributed by atoms with Crippen molar-refractivity contribution < 1.29 is 23.9 Å². The van der Waals surface area contributed by atoms with E-state index in [1.54, 1.807) is 53.4 Å². The summed E-state index contributed by atoms with van der Waals surface area (Å²) in [6.07, 6.45) is 0. The van der Waals surface area contributed by atoms with Crippen molar-refractivity contribution in [3.05, 3.63) is 59.7 Å². The van der Waals surface area contributed by atoms with Gasteiger partial charge < -0.3 is 19.7 Å². The Labute approximate surface area is 183 Å². The van der Waals surface area contributed by atoms with Crippen molar-refractivity contribution in [2.75, 3.05) is 31.6 Å². The number of hydrogen-bond acceptors (Lipinski definition) is 5. The molecule has 0 spiro atoms. The summed E-state index contributed by atoms with van der Waals surface area (Å²) in [4.78, 5) is 38.3. The van der Waals surface area contributed by atoms with Crippen LogP contribution in [-0.2, 0) is 9.53 Å². The van der Waals surface area contributed by atoms with Crippen molar-refractivity contribution in [3.8, 4) is 5.75 Å². The van der Waals surface area contributed by atoms with Crippen LogP contribution < -0.4 is 10.1 Å². The molecule has 0 radical (unpaired) electrons. The lowest BCUT2D eigenvalue weighted by Gasteiger charge is -2.18. The first-order valence-corrected chi connectivity index (χ1v) is 10.4. The van der Waals surface area contributed by atoms with E-state index in [1.165, 1.54) is 0 Å². The number of benzene rings is 2. The van der Waals surface area contributed by atoms with Crippen LogP contribution in [-0.4, -0.2) is 49.0 Å². The van der Waals surface area contributed by atoms with Crippen LogP contribution in [0, 0.1) is 5.92 Å². The molecule has 0 saturated carbocycles. The lowest BCUT2D eigenvalue weighted by molar-refractivity contribution is -0.119. The Bertz CT molecular complexity index is 872. The Balaban J connectivity index is 1.83. The van der Waals surface area contributed by atoms with E-state index < -0.39 is 18.5 Å². The molecule has 0 unspecified atom stereocenters. The first-order chi connectivity index (χ1) is 14.8. The summed E-state index contributed by atoms with van der Waals surface area (Å²) in [6.45, 7) is 9.39. The molecule has 0 atom stereocenters. The van der Waals surface area contributed by atoms with E-state index in [4.69, 9.17) is 9.47 Å². The molecule has 0 bridgehead atoms. The van der Waals surface area contributed by atoms with E-state index in [1.807, 2.05) is 13.8 Å². The normalized spacial score (nSPS) is 10.5. The smallest absolute Gasteiger partial charge is 0.338 e. The first kappa shape index (κ1) is 23.9. The third kappa shape index (κ3) is 7.44. The molecule has 0 aromatic heterocycles. The Morgan fingerprint density at radius 2 is 1.48 bits per heavy atom. The van der Waals surface area contributed by atoms with Gasteiger partial charge in [0.1, 0.15) is 5.75 Å². The summed E-state index contributed by atoms with van der Waals surface area (Å²) in [6, 6.07) is 13.2. The maximum Gasteiger partial charge on any atom is 0.338 e. The van der Waals surface area contributed by atoms with Crippen LogP contribution in [0.1, 0.15) is 48.4 Å². The van der Waals surface area contributed by atoms with Gasteiger partial charge in [0.25, 0.3) is 11.8 Å². The van der Waals surface area contributed by atoms with Crippen LogP contribution in [0.4, 0.5) is 5.69 Å². The molecule has 0 aliphatic heterocycles. The fourth-order valence-corrected chi connectivity index (χ4v) is 2.75. The van der Waals surface area contributed by atoms with E-state index in [9.17, 15) is 14.4 Å². The Morgan fingerprint density at radius 1 is 0.903 bits per heavy atom. The van der Waals surface area contributed by atoms with Gasteiger partial charge in [-0.25, -0.2) is 4.79 Å². The number of anilines is 1. The molecule has 31 heavy (non-hydrogen) atoms. The van der Waals surface area contributed by atoms with Crippen LogP contribution >= 0.6 is 0 Å². The van der Waals surface area contributed by atoms with Gasteiger partial charge >= 0.3 is 5.97 Å². The van der Waals surface area contributed by atoms with Crippen molar-refractivity contribution in [1.82, 2.24) is 4.90 Å². The molecule has 2 aromatic carbocycles. The van der Waals surface area contributed by atoms with Crippen LogP contribution in [0.2, 0.25) is 0 Å². The van der Waals surface area contributed by atoms with Gasteiger partial charge in [-0.3, -0.25) is 9.59 Å². The highest BCUT2D eigenvalue weighted by Gasteiger charge is 2.13. The number of ether oxygens (including phenoxy) is 2. The second-order valence-corrected chi connectivity index (χ2v) is 7.41. The summed E-state index contributed by atoms with van der Waals surface area (Å²) < 4.78 is 10.6. The summed E-state index contributed by atoms with van der Waals surface area (Å²) in [5.41, 5.74) is 1.40. The molecule has 1 N–H and O–H groups in total. The molecule has 166 valence electrons. The number of nitrogens with zero attached hydrogens (tertiary/aromatic N) is 1. The average molecular weight is 427 g/mol. The predicted octanol–water partition coefficient (Wildman–Crippen LogP) is 4.00. The lowest BCUT2D eigenvalue weighted by Crippen LogP contribution is -2.30. The highest BCUT2D eigenvalue weighted by atomic mass is 16.5. The number of amides is 2. The standard InChI is InChI=1S/C24H30N2O5/c1-5-26(6-2)23(28)18-7-11-20(12-8-18)25-22(27)16-31-24(29)19-9-13-21(14-10-19)30-15-17(3)4/h7-14,17H,5-6,15-16H2,1-4H3,(H,25,27). The molecule has 7 nitrogen and oxygen atoms in total. The fourth-order valence-electron chi connectivity index (χ4n) is 2.75. The Morgan fingerprint density at radius 3 is 2.03 bits per heavy atom. The Hall–Kier alpha value is -3.35. The van der Waals surface area contributed by atoms with Gasteiger partial charge in [-0.1, -0.05) is 13.8 Å². The number of nitrogens with one attached hydrogen (secondary N) is 1. The minimum Gasteiger partial charge on any atom is -0.493 e. The number of carbonyl (C=O) groups excluding carboxylic acids is 3. The number of esters is 1. The highest BCUT2D eigenvalue weighted by Crippen LogP contribution is 2.15. The molecule has 7 heteroatoms. The lowest BCUT2D eigenvalue weighted by atomic mass is 10.2. The topological polar surface area (TPSA) is 84.9 Å². The fraction of sp³-hybridized carbons (Fsp3) is 0.375. The van der Waals surface area contributed by atoms with Gasteiger partial charge in [-0.15, -0.1) is 0 Å². The quantitative estimate of drug-likeness (QED) is 0.581. The maximum absolute atomic E-state index is 12.3. The molecule has 2 aromatic rings. The highest BCUT2D eigenvalue weighted by molar-refractivity contribution is 5.97. The number of carbonyl (C=O) groups is 3. The molecule has 2 amide bonds. The second-order valence-electron chi connectivity index (χ2n) is 7.41. The van der Waals surface area contributed by atoms with E-state index in [0.29, 0.717) is 48.2 Å². The van der Waals surface area contributed by atoms with Crippen LogP contribution in [0.3, 0.4) is 0 Å². The molecule has 0 saturated heterocycles. The van der Waals surface area contributed by atoms with Gasteiger partial charge in [0, 0.05) is 24.3 Å². The zero-order valence-electron chi connectivity index (χ0n) is 18.5. The molecule has 2 rings (SSSR count). The van der Waals surface area contributed by atoms with Crippen molar-refractivity contribution in [2.24, 2.45) is 5.92 Å². The summed E-state index contributed by atoms with van der Waals surface area (Å²) in [5, 5.41) is 2.65. The summed E-state index contributed by atoms with van der Waals surface area (Å²) in [7, 11) is 0. The third-order valence-electron chi connectivity index (χ3n) is 4.47. The largest absolute Gasteiger partial charge is 0.493 e. The third-order valence-corrected chi connectivity index (χ3v) is 4.47. The zero-order valence-corrected chi connectivity index (χ0v) is 18.5. The molecule has 0 fully saturated rings. The number of rotatable bonds is 10. The predicted molar refractivity (Wildman–Crippen MR) is 119 cm³/mol. The molecule has 0 aliphatic rings. The summed E-state index contributed by atoms with van der Waals surface area (Å²) in [5.74, 6) is -0.0376. The van der Waals surface area contributed by atoms with Crippen molar-refractivity contribution >= 4 is 23.5 Å². The zero-order chi connectivity index (χ0) is 22.8. The second kappa shape index (κ2) is 11.7. The van der Waals surface area contributed by atoms with E-state index in [-0.39, 0.29) is 5.91 Å². The van der Waals surface area contributed by atoms with E-state index in [2.05, 4.69) is 19.2 Å². The van der Waals surface area contributed by atoms with Crippen LogP contribution in [0.15, 0.2) is 48.5 Å². The van der Waals surface area contributed by atoms with E-state index >= 15 is 0 Å². The van der Waals surface area contributed by atoms with Crippen molar-refractivity contribution in [2.45, 2.75) is 27.7 Å². The first-order valence-electron chi connectivity index (χ1n) is 10.4. The minimum absolute atomic E-state index is 0.0579.